The molecule has 0 spiro atoms. The van der Waals surface area contributed by atoms with Gasteiger partial charge in [-0.15, -0.1) is 0 Å². The fourth-order valence-corrected chi connectivity index (χ4v) is 3.70. The van der Waals surface area contributed by atoms with E-state index in [1.54, 1.807) is 13.3 Å². The molecule has 4 rings (SSSR count). The second kappa shape index (κ2) is 8.99. The van der Waals surface area contributed by atoms with Gasteiger partial charge in [0.2, 0.25) is 5.82 Å². The molecule has 1 saturated heterocycles. The van der Waals surface area contributed by atoms with Crippen molar-refractivity contribution in [3.63, 3.8) is 0 Å². The van der Waals surface area contributed by atoms with Crippen molar-refractivity contribution < 1.29 is 19.2 Å². The highest BCUT2D eigenvalue weighted by atomic mass is 16.5. The third kappa shape index (κ3) is 4.67. The fourth-order valence-electron chi connectivity index (χ4n) is 3.70. The summed E-state index contributed by atoms with van der Waals surface area (Å²) in [5, 5.41) is 17.6. The first-order valence-electron chi connectivity index (χ1n) is 10.4. The molecular formula is C22H27N5O4. The van der Waals surface area contributed by atoms with E-state index in [2.05, 4.69) is 34.0 Å². The Morgan fingerprint density at radius 3 is 2.68 bits per heavy atom. The van der Waals surface area contributed by atoms with Crippen molar-refractivity contribution in [2.45, 2.75) is 33.5 Å². The SMILES string of the molecule is COCc1c(-c2nc(-c3ccc(CN4CC(C(=O)O)C4)cc3)no2)cnn1CC(C)C. The lowest BCUT2D eigenvalue weighted by Gasteiger charge is -2.36. The van der Waals surface area contributed by atoms with E-state index in [1.807, 2.05) is 28.9 Å². The maximum Gasteiger partial charge on any atom is 0.309 e. The molecule has 9 heteroatoms. The predicted molar refractivity (Wildman–Crippen MR) is 113 cm³/mol. The van der Waals surface area contributed by atoms with E-state index in [9.17, 15) is 4.79 Å². The number of rotatable bonds is 9. The first kappa shape index (κ1) is 21.2. The monoisotopic (exact) mass is 425 g/mol. The molecule has 1 aliphatic rings. The molecular weight excluding hydrogens is 398 g/mol. The van der Waals surface area contributed by atoms with Crippen LogP contribution >= 0.6 is 0 Å². The first-order valence-corrected chi connectivity index (χ1v) is 10.4. The summed E-state index contributed by atoms with van der Waals surface area (Å²) < 4.78 is 12.8. The second-order valence-electron chi connectivity index (χ2n) is 8.36. The van der Waals surface area contributed by atoms with E-state index in [1.165, 1.54) is 0 Å². The van der Waals surface area contributed by atoms with Crippen LogP contribution in [0, 0.1) is 11.8 Å². The lowest BCUT2D eigenvalue weighted by Crippen LogP contribution is -2.49. The minimum Gasteiger partial charge on any atom is -0.481 e. The summed E-state index contributed by atoms with van der Waals surface area (Å²) >= 11 is 0. The van der Waals surface area contributed by atoms with Crippen LogP contribution in [0.15, 0.2) is 35.0 Å². The molecule has 0 amide bonds. The van der Waals surface area contributed by atoms with Crippen LogP contribution in [0.25, 0.3) is 22.8 Å². The molecule has 31 heavy (non-hydrogen) atoms. The molecule has 164 valence electrons. The smallest absolute Gasteiger partial charge is 0.309 e. The highest BCUT2D eigenvalue weighted by Gasteiger charge is 2.32. The number of hydrogen-bond acceptors (Lipinski definition) is 7. The lowest BCUT2D eigenvalue weighted by molar-refractivity contribution is -0.147. The molecule has 1 N–H and O–H groups in total. The van der Waals surface area contributed by atoms with Crippen LogP contribution in [0.2, 0.25) is 0 Å². The Morgan fingerprint density at radius 1 is 1.29 bits per heavy atom. The first-order chi connectivity index (χ1) is 14.9. The third-order valence-electron chi connectivity index (χ3n) is 5.35. The van der Waals surface area contributed by atoms with Gasteiger partial charge in [0.25, 0.3) is 5.89 Å². The highest BCUT2D eigenvalue weighted by Crippen LogP contribution is 2.27. The molecule has 3 aromatic rings. The Kier molecular flexibility index (Phi) is 6.15. The maximum atomic E-state index is 10.9. The average molecular weight is 425 g/mol. The standard InChI is InChI=1S/C22H27N5O4/c1-14(2)9-27-19(13-30-3)18(8-23-27)21-24-20(25-31-21)16-6-4-15(5-7-16)10-26-11-17(12-26)22(28)29/h4-8,14,17H,9-13H2,1-3H3,(H,28,29). The highest BCUT2D eigenvalue weighted by molar-refractivity contribution is 5.71. The molecule has 0 atom stereocenters. The van der Waals surface area contributed by atoms with Gasteiger partial charge in [-0.1, -0.05) is 43.3 Å². The number of benzene rings is 1. The van der Waals surface area contributed by atoms with E-state index >= 15 is 0 Å². The van der Waals surface area contributed by atoms with Crippen molar-refractivity contribution in [3.8, 4) is 22.8 Å². The van der Waals surface area contributed by atoms with Crippen molar-refractivity contribution >= 4 is 5.97 Å². The van der Waals surface area contributed by atoms with E-state index in [4.69, 9.17) is 14.4 Å². The van der Waals surface area contributed by atoms with Crippen LogP contribution in [0.5, 0.6) is 0 Å². The van der Waals surface area contributed by atoms with E-state index in [0.29, 0.717) is 37.3 Å². The fraction of sp³-hybridized carbons (Fsp3) is 0.455. The van der Waals surface area contributed by atoms with Gasteiger partial charge in [-0.05, 0) is 11.5 Å². The van der Waals surface area contributed by atoms with Gasteiger partial charge in [-0.3, -0.25) is 14.4 Å². The van der Waals surface area contributed by atoms with Crippen LogP contribution < -0.4 is 0 Å². The van der Waals surface area contributed by atoms with Gasteiger partial charge in [0.05, 0.1) is 30.0 Å². The number of likely N-dealkylation sites (tertiary alicyclic amines) is 1. The molecule has 0 saturated carbocycles. The largest absolute Gasteiger partial charge is 0.481 e. The minimum atomic E-state index is -0.720. The number of carboxylic acids is 1. The summed E-state index contributed by atoms with van der Waals surface area (Å²) in [7, 11) is 1.65. The zero-order valence-corrected chi connectivity index (χ0v) is 18.0. The average Bonchev–Trinajstić information content (AvgIpc) is 3.32. The maximum absolute atomic E-state index is 10.9. The Labute approximate surface area is 180 Å². The number of ether oxygens (including phenoxy) is 1. The van der Waals surface area contributed by atoms with Gasteiger partial charge in [-0.2, -0.15) is 10.1 Å². The van der Waals surface area contributed by atoms with E-state index in [-0.39, 0.29) is 5.92 Å². The van der Waals surface area contributed by atoms with Crippen molar-refractivity contribution in [3.05, 3.63) is 41.7 Å². The minimum absolute atomic E-state index is 0.245. The van der Waals surface area contributed by atoms with Crippen LogP contribution in [-0.2, 0) is 29.2 Å². The summed E-state index contributed by atoms with van der Waals surface area (Å²) in [6.07, 6.45) is 1.74. The number of hydrogen-bond donors (Lipinski definition) is 1. The molecule has 0 radical (unpaired) electrons. The Balaban J connectivity index is 1.47. The molecule has 3 heterocycles. The molecule has 0 aliphatic carbocycles. The zero-order valence-electron chi connectivity index (χ0n) is 18.0. The molecule has 1 aromatic carbocycles. The van der Waals surface area contributed by atoms with Crippen LogP contribution in [0.3, 0.4) is 0 Å². The van der Waals surface area contributed by atoms with Crippen molar-refractivity contribution in [1.29, 1.82) is 0 Å². The van der Waals surface area contributed by atoms with Gasteiger partial charge in [-0.25, -0.2) is 0 Å². The molecule has 9 nitrogen and oxygen atoms in total. The Hall–Kier alpha value is -3.04. The van der Waals surface area contributed by atoms with Crippen LogP contribution in [0.1, 0.15) is 25.1 Å². The quantitative estimate of drug-likeness (QED) is 0.558. The summed E-state index contributed by atoms with van der Waals surface area (Å²) in [6, 6.07) is 7.93. The van der Waals surface area contributed by atoms with E-state index in [0.717, 1.165) is 35.5 Å². The number of methoxy groups -OCH3 is 1. The number of carbonyl (C=O) groups is 1. The summed E-state index contributed by atoms with van der Waals surface area (Å²) in [5.41, 5.74) is 3.67. The number of carboxylic acid groups (broad SMARTS) is 1. The summed E-state index contributed by atoms with van der Waals surface area (Å²) in [5.74, 6) is 0.414. The number of nitrogens with zero attached hydrogens (tertiary/aromatic N) is 5. The second-order valence-corrected chi connectivity index (χ2v) is 8.36. The normalized spacial score (nSPS) is 14.8. The third-order valence-corrected chi connectivity index (χ3v) is 5.35. The van der Waals surface area contributed by atoms with Crippen molar-refractivity contribution in [2.75, 3.05) is 20.2 Å². The van der Waals surface area contributed by atoms with Crippen LogP contribution in [-0.4, -0.2) is 56.1 Å². The van der Waals surface area contributed by atoms with Crippen molar-refractivity contribution in [2.24, 2.45) is 11.8 Å². The van der Waals surface area contributed by atoms with Crippen LogP contribution in [0.4, 0.5) is 0 Å². The van der Waals surface area contributed by atoms with Crippen molar-refractivity contribution in [1.82, 2.24) is 24.8 Å². The summed E-state index contributed by atoms with van der Waals surface area (Å²) in [6.45, 7) is 7.40. The van der Waals surface area contributed by atoms with Gasteiger partial charge in [0, 0.05) is 38.9 Å². The van der Waals surface area contributed by atoms with E-state index < -0.39 is 5.97 Å². The predicted octanol–water partition coefficient (Wildman–Crippen LogP) is 2.92. The van der Waals surface area contributed by atoms with Gasteiger partial charge in [0.15, 0.2) is 0 Å². The molecule has 0 unspecified atom stereocenters. The summed E-state index contributed by atoms with van der Waals surface area (Å²) in [4.78, 5) is 17.6. The number of aromatic nitrogens is 4. The Morgan fingerprint density at radius 2 is 2.03 bits per heavy atom. The van der Waals surface area contributed by atoms with Gasteiger partial charge in [0.1, 0.15) is 0 Å². The lowest BCUT2D eigenvalue weighted by atomic mass is 9.99. The number of aliphatic carboxylic acids is 1. The Bertz CT molecular complexity index is 1030. The topological polar surface area (TPSA) is 107 Å². The molecule has 1 aliphatic heterocycles. The molecule has 2 aromatic heterocycles. The zero-order chi connectivity index (χ0) is 22.0. The van der Waals surface area contributed by atoms with Gasteiger partial charge < -0.3 is 14.4 Å². The van der Waals surface area contributed by atoms with Gasteiger partial charge >= 0.3 is 5.97 Å². The molecule has 1 fully saturated rings. The molecule has 0 bridgehead atoms.